The van der Waals surface area contributed by atoms with Crippen LogP contribution in [0.15, 0.2) is 24.3 Å². The van der Waals surface area contributed by atoms with Crippen LogP contribution < -0.4 is 0 Å². The third-order valence-corrected chi connectivity index (χ3v) is 5.15. The minimum Gasteiger partial charge on any atom is -0.508 e. The molecule has 7 nitrogen and oxygen atoms in total. The summed E-state index contributed by atoms with van der Waals surface area (Å²) in [5.74, 6) is -0.592. The van der Waals surface area contributed by atoms with Crippen molar-refractivity contribution in [2.24, 2.45) is 0 Å². The molecule has 0 radical (unpaired) electrons. The van der Waals surface area contributed by atoms with Gasteiger partial charge < -0.3 is 10.0 Å². The molecule has 1 aromatic rings. The molecule has 1 aliphatic rings. The van der Waals surface area contributed by atoms with Crippen LogP contribution in [-0.2, 0) is 14.8 Å². The molecule has 1 aromatic carbocycles. The largest absolute Gasteiger partial charge is 0.508 e. The van der Waals surface area contributed by atoms with Crippen molar-refractivity contribution in [3.8, 4) is 5.75 Å². The van der Waals surface area contributed by atoms with Crippen LogP contribution in [0.5, 0.6) is 5.75 Å². The van der Waals surface area contributed by atoms with Gasteiger partial charge in [-0.05, 0) is 37.1 Å². The van der Waals surface area contributed by atoms with E-state index >= 15 is 0 Å². The molecule has 0 unspecified atom stereocenters. The van der Waals surface area contributed by atoms with Crippen LogP contribution in [0.2, 0.25) is 0 Å². The van der Waals surface area contributed by atoms with Gasteiger partial charge in [0.05, 0.1) is 12.8 Å². The van der Waals surface area contributed by atoms with Crippen molar-refractivity contribution in [1.82, 2.24) is 9.21 Å². The van der Waals surface area contributed by atoms with E-state index in [9.17, 15) is 23.1 Å². The topological polar surface area (TPSA) is 95.0 Å². The Morgan fingerprint density at radius 1 is 1.30 bits per heavy atom. The molecule has 23 heavy (non-hydrogen) atoms. The minimum absolute atomic E-state index is 0.0562. The molecule has 1 aliphatic heterocycles. The average molecular weight is 340 g/mol. The van der Waals surface area contributed by atoms with E-state index < -0.39 is 16.1 Å². The van der Waals surface area contributed by atoms with Gasteiger partial charge in [-0.2, -0.15) is 4.31 Å². The summed E-state index contributed by atoms with van der Waals surface area (Å²) < 4.78 is 24.6. The molecule has 0 spiro atoms. The van der Waals surface area contributed by atoms with Crippen LogP contribution in [-0.4, -0.2) is 66.9 Å². The number of nitrogens with zero attached hydrogens (tertiary/aromatic N) is 2. The van der Waals surface area contributed by atoms with Gasteiger partial charge in [0.15, 0.2) is 5.78 Å². The first-order chi connectivity index (χ1) is 10.7. The number of phenols is 1. The summed E-state index contributed by atoms with van der Waals surface area (Å²) in [5.41, 5.74) is 0.383. The Hall–Kier alpha value is -1.93. The lowest BCUT2D eigenvalue weighted by molar-refractivity contribution is -0.132. The van der Waals surface area contributed by atoms with Gasteiger partial charge in [-0.25, -0.2) is 8.42 Å². The Morgan fingerprint density at radius 3 is 2.48 bits per heavy atom. The maximum atomic E-state index is 12.5. The van der Waals surface area contributed by atoms with Crippen LogP contribution >= 0.6 is 0 Å². The number of likely N-dealkylation sites (N-methyl/N-ethyl adjacent to an activating group) is 1. The highest BCUT2D eigenvalue weighted by atomic mass is 32.2. The summed E-state index contributed by atoms with van der Waals surface area (Å²) in [4.78, 5) is 25.9. The second-order valence-corrected chi connectivity index (χ2v) is 7.63. The number of carbonyl (C=O) groups excluding carboxylic acids is 2. The normalized spacial score (nSPS) is 18.8. The van der Waals surface area contributed by atoms with E-state index in [-0.39, 0.29) is 24.0 Å². The molecule has 1 heterocycles. The van der Waals surface area contributed by atoms with Crippen molar-refractivity contribution >= 4 is 21.7 Å². The fourth-order valence-corrected chi connectivity index (χ4v) is 3.79. The van der Waals surface area contributed by atoms with E-state index in [1.165, 1.54) is 40.5 Å². The lowest BCUT2D eigenvalue weighted by atomic mass is 10.1. The van der Waals surface area contributed by atoms with Crippen LogP contribution in [0.25, 0.3) is 0 Å². The van der Waals surface area contributed by atoms with Gasteiger partial charge in [-0.15, -0.1) is 0 Å². The minimum atomic E-state index is -3.44. The molecule has 1 amide bonds. The van der Waals surface area contributed by atoms with Crippen molar-refractivity contribution in [2.75, 3.05) is 26.4 Å². The summed E-state index contributed by atoms with van der Waals surface area (Å²) >= 11 is 0. The Morgan fingerprint density at radius 2 is 1.91 bits per heavy atom. The van der Waals surface area contributed by atoms with Gasteiger partial charge in [0.25, 0.3) is 0 Å². The number of phenolic OH excluding ortho intramolecular Hbond substituents is 1. The van der Waals surface area contributed by atoms with E-state index in [4.69, 9.17) is 0 Å². The second kappa shape index (κ2) is 6.67. The quantitative estimate of drug-likeness (QED) is 0.786. The zero-order valence-corrected chi connectivity index (χ0v) is 13.9. The number of hydrogen-bond acceptors (Lipinski definition) is 5. The van der Waals surface area contributed by atoms with E-state index in [0.29, 0.717) is 24.9 Å². The Labute approximate surface area is 135 Å². The Kier molecular flexibility index (Phi) is 5.06. The van der Waals surface area contributed by atoms with Crippen LogP contribution in [0.1, 0.15) is 23.2 Å². The molecule has 1 atom stereocenters. The zero-order chi connectivity index (χ0) is 17.2. The molecule has 0 bridgehead atoms. The Bertz CT molecular complexity index is 699. The third-order valence-electron chi connectivity index (χ3n) is 3.86. The first-order valence-electron chi connectivity index (χ1n) is 7.24. The smallest absolute Gasteiger partial charge is 0.241 e. The molecule has 1 saturated heterocycles. The van der Waals surface area contributed by atoms with Crippen molar-refractivity contribution in [2.45, 2.75) is 18.9 Å². The van der Waals surface area contributed by atoms with Gasteiger partial charge in [-0.1, -0.05) is 0 Å². The highest BCUT2D eigenvalue weighted by Crippen LogP contribution is 2.22. The van der Waals surface area contributed by atoms with Gasteiger partial charge in [-0.3, -0.25) is 9.59 Å². The number of amides is 1. The number of ketones is 1. The van der Waals surface area contributed by atoms with Crippen LogP contribution in [0.3, 0.4) is 0 Å². The standard InChI is InChI=1S/C15H20N2O5S/c1-16(10-14(19)11-5-7-12(18)8-6-11)15(20)13-4-3-9-17(13)23(2,21)22/h5-8,13,18H,3-4,9-10H2,1-2H3/t13-/m1/s1. The lowest BCUT2D eigenvalue weighted by Crippen LogP contribution is -2.47. The average Bonchev–Trinajstić information content (AvgIpc) is 2.96. The van der Waals surface area contributed by atoms with E-state index in [1.54, 1.807) is 0 Å². The fraction of sp³-hybridized carbons (Fsp3) is 0.467. The lowest BCUT2D eigenvalue weighted by Gasteiger charge is -2.26. The number of aromatic hydroxyl groups is 1. The Balaban J connectivity index is 2.05. The van der Waals surface area contributed by atoms with E-state index in [2.05, 4.69) is 0 Å². The van der Waals surface area contributed by atoms with Gasteiger partial charge in [0.2, 0.25) is 15.9 Å². The molecule has 2 rings (SSSR count). The van der Waals surface area contributed by atoms with Crippen molar-refractivity contribution in [1.29, 1.82) is 0 Å². The number of rotatable bonds is 5. The summed E-state index contributed by atoms with van der Waals surface area (Å²) in [7, 11) is -1.96. The molecule has 0 aromatic heterocycles. The molecule has 0 aliphatic carbocycles. The van der Waals surface area contributed by atoms with Crippen molar-refractivity contribution in [3.63, 3.8) is 0 Å². The van der Waals surface area contributed by atoms with Crippen molar-refractivity contribution in [3.05, 3.63) is 29.8 Å². The van der Waals surface area contributed by atoms with Gasteiger partial charge in [0, 0.05) is 19.2 Å². The zero-order valence-electron chi connectivity index (χ0n) is 13.1. The van der Waals surface area contributed by atoms with E-state index in [0.717, 1.165) is 6.26 Å². The second-order valence-electron chi connectivity index (χ2n) is 5.70. The number of Topliss-reactive ketones (excluding diaryl/α,β-unsaturated/α-hetero) is 1. The molecule has 8 heteroatoms. The number of carbonyl (C=O) groups is 2. The molecule has 126 valence electrons. The molecule has 1 N–H and O–H groups in total. The highest BCUT2D eigenvalue weighted by molar-refractivity contribution is 7.88. The molecular formula is C15H20N2O5S. The predicted octanol–water partition coefficient (Wildman–Crippen LogP) is 0.457. The summed E-state index contributed by atoms with van der Waals surface area (Å²) in [6.45, 7) is 0.187. The van der Waals surface area contributed by atoms with Crippen LogP contribution in [0, 0.1) is 0 Å². The number of hydrogen-bond donors (Lipinski definition) is 1. The van der Waals surface area contributed by atoms with Gasteiger partial charge in [0.1, 0.15) is 11.8 Å². The maximum Gasteiger partial charge on any atom is 0.241 e. The van der Waals surface area contributed by atoms with Crippen molar-refractivity contribution < 1.29 is 23.1 Å². The predicted molar refractivity (Wildman–Crippen MR) is 84.6 cm³/mol. The SMILES string of the molecule is CN(CC(=O)c1ccc(O)cc1)C(=O)[C@H]1CCCN1S(C)(=O)=O. The monoisotopic (exact) mass is 340 g/mol. The maximum absolute atomic E-state index is 12.5. The third kappa shape index (κ3) is 4.08. The fourth-order valence-electron chi connectivity index (χ4n) is 2.67. The van der Waals surface area contributed by atoms with Crippen LogP contribution in [0.4, 0.5) is 0 Å². The van der Waals surface area contributed by atoms with Gasteiger partial charge >= 0.3 is 0 Å². The first-order valence-corrected chi connectivity index (χ1v) is 9.09. The first kappa shape index (κ1) is 17.4. The van der Waals surface area contributed by atoms with E-state index in [1.807, 2.05) is 0 Å². The molecule has 0 saturated carbocycles. The summed E-state index contributed by atoms with van der Waals surface area (Å²) in [5, 5.41) is 9.22. The number of benzene rings is 1. The number of sulfonamides is 1. The molecular weight excluding hydrogens is 320 g/mol. The molecule has 1 fully saturated rings. The summed E-state index contributed by atoms with van der Waals surface area (Å²) in [6, 6.07) is 5.03. The highest BCUT2D eigenvalue weighted by Gasteiger charge is 2.38. The summed E-state index contributed by atoms with van der Waals surface area (Å²) in [6.07, 6.45) is 2.17.